The lowest BCUT2D eigenvalue weighted by molar-refractivity contribution is -0.119. The Balaban J connectivity index is 1.79. The molecule has 1 aromatic rings. The topological polar surface area (TPSA) is 38.3 Å². The van der Waals surface area contributed by atoms with E-state index in [9.17, 15) is 4.79 Å². The molecule has 0 spiro atoms. The van der Waals surface area contributed by atoms with Gasteiger partial charge in [0.15, 0.2) is 0 Å². The average molecular weight is 277 g/mol. The number of ether oxygens (including phenoxy) is 1. The van der Waals surface area contributed by atoms with Crippen molar-refractivity contribution < 1.29 is 9.53 Å². The molecule has 0 aliphatic heterocycles. The quantitative estimate of drug-likeness (QED) is 0.664. The van der Waals surface area contributed by atoms with E-state index in [1.165, 1.54) is 11.8 Å². The van der Waals surface area contributed by atoms with Crippen molar-refractivity contribution in [3.63, 3.8) is 0 Å². The van der Waals surface area contributed by atoms with Crippen LogP contribution in [0.2, 0.25) is 0 Å². The number of carbonyl (C=O) groups is 1. The Bertz CT molecular complexity index is 459. The summed E-state index contributed by atoms with van der Waals surface area (Å²) < 4.78 is 5.16. The Morgan fingerprint density at radius 3 is 3.16 bits per heavy atom. The number of methoxy groups -OCH3 is 1. The van der Waals surface area contributed by atoms with Crippen LogP contribution in [0.4, 0.5) is 0 Å². The summed E-state index contributed by atoms with van der Waals surface area (Å²) in [5, 5.41) is 3.04. The number of hydrogen-bond donors (Lipinski definition) is 1. The monoisotopic (exact) mass is 277 g/mol. The van der Waals surface area contributed by atoms with E-state index in [-0.39, 0.29) is 11.9 Å². The summed E-state index contributed by atoms with van der Waals surface area (Å²) in [5.41, 5.74) is 0. The molecule has 0 fully saturated rings. The Morgan fingerprint density at radius 1 is 1.53 bits per heavy atom. The van der Waals surface area contributed by atoms with E-state index in [1.807, 2.05) is 24.3 Å². The molecule has 3 nitrogen and oxygen atoms in total. The van der Waals surface area contributed by atoms with Gasteiger partial charge in [-0.1, -0.05) is 18.2 Å². The zero-order valence-electron chi connectivity index (χ0n) is 11.1. The summed E-state index contributed by atoms with van der Waals surface area (Å²) in [5.74, 6) is 1.35. The summed E-state index contributed by atoms with van der Waals surface area (Å²) in [6.45, 7) is 0. The third-order valence-corrected chi connectivity index (χ3v) is 4.01. The third kappa shape index (κ3) is 4.63. The highest BCUT2D eigenvalue weighted by molar-refractivity contribution is 8.00. The predicted molar refractivity (Wildman–Crippen MR) is 78.6 cm³/mol. The van der Waals surface area contributed by atoms with E-state index >= 15 is 0 Å². The minimum Gasteiger partial charge on any atom is -0.497 e. The lowest BCUT2D eigenvalue weighted by atomic mass is 10.0. The van der Waals surface area contributed by atoms with Crippen LogP contribution in [0.25, 0.3) is 0 Å². The van der Waals surface area contributed by atoms with Crippen molar-refractivity contribution in [3.05, 3.63) is 36.4 Å². The lowest BCUT2D eigenvalue weighted by Crippen LogP contribution is -2.35. The zero-order chi connectivity index (χ0) is 13.5. The number of benzene rings is 1. The van der Waals surface area contributed by atoms with Gasteiger partial charge in [-0.05, 0) is 37.5 Å². The van der Waals surface area contributed by atoms with E-state index in [0.717, 1.165) is 29.9 Å². The van der Waals surface area contributed by atoms with Crippen molar-refractivity contribution in [3.8, 4) is 5.75 Å². The summed E-state index contributed by atoms with van der Waals surface area (Å²) in [7, 11) is 1.64. The Labute approximate surface area is 118 Å². The van der Waals surface area contributed by atoms with Crippen molar-refractivity contribution in [2.75, 3.05) is 12.9 Å². The van der Waals surface area contributed by atoms with Crippen LogP contribution in [0.15, 0.2) is 41.3 Å². The molecule has 1 aliphatic rings. The summed E-state index contributed by atoms with van der Waals surface area (Å²) in [6.07, 6.45) is 7.57. The highest BCUT2D eigenvalue weighted by Gasteiger charge is 2.11. The van der Waals surface area contributed by atoms with Crippen LogP contribution >= 0.6 is 11.8 Å². The minimum atomic E-state index is 0.0874. The highest BCUT2D eigenvalue weighted by atomic mass is 32.2. The molecule has 2 rings (SSSR count). The normalized spacial score (nSPS) is 18.1. The van der Waals surface area contributed by atoms with Crippen molar-refractivity contribution in [1.82, 2.24) is 5.32 Å². The van der Waals surface area contributed by atoms with Crippen LogP contribution in [0.1, 0.15) is 19.3 Å². The first kappa shape index (κ1) is 14.0. The van der Waals surface area contributed by atoms with Crippen molar-refractivity contribution in [2.24, 2.45) is 0 Å². The minimum absolute atomic E-state index is 0.0874. The molecule has 1 amide bonds. The number of rotatable bonds is 5. The maximum absolute atomic E-state index is 11.8. The molecule has 1 aromatic carbocycles. The molecule has 0 heterocycles. The molecule has 0 aromatic heterocycles. The number of amides is 1. The third-order valence-electron chi connectivity index (χ3n) is 3.01. The second-order valence-electron chi connectivity index (χ2n) is 4.50. The molecule has 1 N–H and O–H groups in total. The van der Waals surface area contributed by atoms with Crippen LogP contribution in [0, 0.1) is 0 Å². The molecule has 19 heavy (non-hydrogen) atoms. The Kier molecular flexibility index (Phi) is 5.33. The number of allylic oxidation sites excluding steroid dienone is 1. The van der Waals surface area contributed by atoms with Crippen molar-refractivity contribution in [1.29, 1.82) is 0 Å². The highest BCUT2D eigenvalue weighted by Crippen LogP contribution is 2.22. The molecule has 1 atom stereocenters. The first-order chi connectivity index (χ1) is 9.28. The second kappa shape index (κ2) is 7.24. The second-order valence-corrected chi connectivity index (χ2v) is 5.55. The van der Waals surface area contributed by atoms with Crippen LogP contribution < -0.4 is 10.1 Å². The first-order valence-corrected chi connectivity index (χ1v) is 7.49. The molecule has 1 aliphatic carbocycles. The van der Waals surface area contributed by atoms with Gasteiger partial charge in [-0.3, -0.25) is 4.79 Å². The Morgan fingerprint density at radius 2 is 2.42 bits per heavy atom. The standard InChI is InChI=1S/C15H19NO2S/c1-18-13-8-5-9-14(10-13)19-11-15(17)16-12-6-3-2-4-7-12/h3,5-6,8-10,12H,2,4,7,11H2,1H3,(H,16,17). The van der Waals surface area contributed by atoms with E-state index in [2.05, 4.69) is 17.5 Å². The summed E-state index contributed by atoms with van der Waals surface area (Å²) in [4.78, 5) is 12.9. The van der Waals surface area contributed by atoms with Gasteiger partial charge in [-0.25, -0.2) is 0 Å². The molecule has 0 saturated carbocycles. The van der Waals surface area contributed by atoms with E-state index in [0.29, 0.717) is 5.75 Å². The van der Waals surface area contributed by atoms with Crippen LogP contribution in [-0.4, -0.2) is 24.8 Å². The Hall–Kier alpha value is -1.42. The molecule has 4 heteroatoms. The fraction of sp³-hybridized carbons (Fsp3) is 0.400. The van der Waals surface area contributed by atoms with Gasteiger partial charge in [0.05, 0.1) is 12.9 Å². The number of thioether (sulfide) groups is 1. The van der Waals surface area contributed by atoms with Crippen LogP contribution in [0.3, 0.4) is 0 Å². The van der Waals surface area contributed by atoms with Gasteiger partial charge in [0.25, 0.3) is 0 Å². The van der Waals surface area contributed by atoms with Crippen LogP contribution in [-0.2, 0) is 4.79 Å². The molecule has 102 valence electrons. The SMILES string of the molecule is COc1cccc(SCC(=O)NC2C=CCCC2)c1. The smallest absolute Gasteiger partial charge is 0.230 e. The molecule has 0 radical (unpaired) electrons. The van der Waals surface area contributed by atoms with Gasteiger partial charge >= 0.3 is 0 Å². The molecular formula is C15H19NO2S. The largest absolute Gasteiger partial charge is 0.497 e. The van der Waals surface area contributed by atoms with Gasteiger partial charge in [0.1, 0.15) is 5.75 Å². The van der Waals surface area contributed by atoms with Gasteiger partial charge in [0.2, 0.25) is 5.91 Å². The first-order valence-electron chi connectivity index (χ1n) is 6.51. The van der Waals surface area contributed by atoms with Gasteiger partial charge in [-0.15, -0.1) is 11.8 Å². The van der Waals surface area contributed by atoms with Gasteiger partial charge < -0.3 is 10.1 Å². The average Bonchev–Trinajstić information content (AvgIpc) is 2.46. The summed E-state index contributed by atoms with van der Waals surface area (Å²) >= 11 is 1.53. The molecular weight excluding hydrogens is 258 g/mol. The van der Waals surface area contributed by atoms with Gasteiger partial charge in [-0.2, -0.15) is 0 Å². The number of hydrogen-bond acceptors (Lipinski definition) is 3. The maximum atomic E-state index is 11.8. The van der Waals surface area contributed by atoms with E-state index < -0.39 is 0 Å². The molecule has 1 unspecified atom stereocenters. The van der Waals surface area contributed by atoms with E-state index in [1.54, 1.807) is 7.11 Å². The van der Waals surface area contributed by atoms with Crippen molar-refractivity contribution >= 4 is 17.7 Å². The molecule has 0 saturated heterocycles. The fourth-order valence-electron chi connectivity index (χ4n) is 2.02. The summed E-state index contributed by atoms with van der Waals surface area (Å²) in [6, 6.07) is 7.98. The predicted octanol–water partition coefficient (Wildman–Crippen LogP) is 3.01. The zero-order valence-corrected chi connectivity index (χ0v) is 11.9. The lowest BCUT2D eigenvalue weighted by Gasteiger charge is -2.17. The van der Waals surface area contributed by atoms with Crippen LogP contribution in [0.5, 0.6) is 5.75 Å². The van der Waals surface area contributed by atoms with E-state index in [4.69, 9.17) is 4.74 Å². The number of nitrogens with one attached hydrogen (secondary N) is 1. The fourth-order valence-corrected chi connectivity index (χ4v) is 2.78. The number of carbonyl (C=O) groups excluding carboxylic acids is 1. The van der Waals surface area contributed by atoms with Gasteiger partial charge in [0, 0.05) is 10.9 Å². The maximum Gasteiger partial charge on any atom is 0.230 e. The van der Waals surface area contributed by atoms with Crippen molar-refractivity contribution in [2.45, 2.75) is 30.2 Å². The molecule has 0 bridgehead atoms.